The van der Waals surface area contributed by atoms with Gasteiger partial charge in [-0.15, -0.1) is 0 Å². The summed E-state index contributed by atoms with van der Waals surface area (Å²) in [6.07, 6.45) is 3.84. The molecule has 1 N–H and O–H groups in total. The van der Waals surface area contributed by atoms with Crippen LogP contribution >= 0.6 is 0 Å². The Kier molecular flexibility index (Phi) is 4.57. The molecule has 2 rings (SSSR count). The van der Waals surface area contributed by atoms with Crippen molar-refractivity contribution < 1.29 is 0 Å². The van der Waals surface area contributed by atoms with E-state index in [0.29, 0.717) is 0 Å². The van der Waals surface area contributed by atoms with Crippen molar-refractivity contribution in [2.24, 2.45) is 0 Å². The van der Waals surface area contributed by atoms with E-state index in [1.54, 1.807) is 0 Å². The molecule has 0 saturated carbocycles. The molecule has 1 aliphatic rings. The van der Waals surface area contributed by atoms with E-state index in [1.165, 1.54) is 37.1 Å². The maximum Gasteiger partial charge on any atom is 0.0195 e. The van der Waals surface area contributed by atoms with Gasteiger partial charge in [0.15, 0.2) is 0 Å². The Hall–Kier alpha value is -0.860. The van der Waals surface area contributed by atoms with Gasteiger partial charge in [0.05, 0.1) is 0 Å². The molecular weight excluding hydrogens is 208 g/mol. The number of nitrogens with zero attached hydrogens (tertiary/aromatic N) is 1. The number of benzene rings is 1. The topological polar surface area (TPSA) is 15.3 Å². The molecule has 1 saturated heterocycles. The lowest BCUT2D eigenvalue weighted by Gasteiger charge is -2.21. The lowest BCUT2D eigenvalue weighted by atomic mass is 10.1. The minimum atomic E-state index is 0.720. The molecule has 94 valence electrons. The predicted molar refractivity (Wildman–Crippen MR) is 73.4 cm³/mol. The van der Waals surface area contributed by atoms with E-state index in [1.807, 2.05) is 0 Å². The van der Waals surface area contributed by atoms with Gasteiger partial charge in [-0.2, -0.15) is 0 Å². The Morgan fingerprint density at radius 1 is 1.29 bits per heavy atom. The Bertz CT molecular complexity index is 325. The van der Waals surface area contributed by atoms with Crippen molar-refractivity contribution >= 4 is 0 Å². The number of likely N-dealkylation sites (N-methyl/N-ethyl adjacent to an activating group) is 1. The minimum absolute atomic E-state index is 0.720. The van der Waals surface area contributed by atoms with Crippen LogP contribution in [-0.4, -0.2) is 37.6 Å². The molecule has 2 nitrogen and oxygen atoms in total. The third-order valence-corrected chi connectivity index (χ3v) is 3.60. The first kappa shape index (κ1) is 12.6. The highest BCUT2D eigenvalue weighted by molar-refractivity contribution is 5.21. The van der Waals surface area contributed by atoms with Crippen LogP contribution in [0, 0.1) is 6.92 Å². The van der Waals surface area contributed by atoms with Crippen molar-refractivity contribution in [2.45, 2.75) is 32.2 Å². The van der Waals surface area contributed by atoms with E-state index in [4.69, 9.17) is 0 Å². The van der Waals surface area contributed by atoms with E-state index in [2.05, 4.69) is 48.5 Å². The van der Waals surface area contributed by atoms with Crippen LogP contribution in [0.15, 0.2) is 24.3 Å². The van der Waals surface area contributed by atoms with Crippen molar-refractivity contribution in [1.29, 1.82) is 0 Å². The number of nitrogens with one attached hydrogen (secondary N) is 1. The third kappa shape index (κ3) is 4.14. The van der Waals surface area contributed by atoms with Gasteiger partial charge >= 0.3 is 0 Å². The molecule has 0 aromatic heterocycles. The Morgan fingerprint density at radius 2 is 2.06 bits per heavy atom. The summed E-state index contributed by atoms with van der Waals surface area (Å²) in [6.45, 7) is 5.69. The zero-order valence-corrected chi connectivity index (χ0v) is 11.1. The first-order chi connectivity index (χ1) is 8.24. The predicted octanol–water partition coefficient (Wildman–Crippen LogP) is 2.22. The standard InChI is InChI=1S/C15H24N2/c1-13-5-7-14(8-6-13)9-11-17(2)12-15-4-3-10-16-15/h5-8,15-16H,3-4,9-12H2,1-2H3. The molecule has 1 aromatic rings. The third-order valence-electron chi connectivity index (χ3n) is 3.60. The SMILES string of the molecule is Cc1ccc(CCN(C)CC2CCCN2)cc1. The van der Waals surface area contributed by atoms with E-state index < -0.39 is 0 Å². The summed E-state index contributed by atoms with van der Waals surface area (Å²) in [6, 6.07) is 9.62. The lowest BCUT2D eigenvalue weighted by molar-refractivity contribution is 0.304. The van der Waals surface area contributed by atoms with Crippen LogP contribution < -0.4 is 5.32 Å². The van der Waals surface area contributed by atoms with Crippen LogP contribution in [-0.2, 0) is 6.42 Å². The average molecular weight is 232 g/mol. The quantitative estimate of drug-likeness (QED) is 0.837. The molecular formula is C15H24N2. The molecule has 0 bridgehead atoms. The molecule has 0 aliphatic carbocycles. The van der Waals surface area contributed by atoms with Gasteiger partial charge in [-0.05, 0) is 45.3 Å². The van der Waals surface area contributed by atoms with Gasteiger partial charge < -0.3 is 10.2 Å². The van der Waals surface area contributed by atoms with Crippen molar-refractivity contribution in [2.75, 3.05) is 26.7 Å². The van der Waals surface area contributed by atoms with Crippen molar-refractivity contribution in [3.8, 4) is 0 Å². The first-order valence-corrected chi connectivity index (χ1v) is 6.71. The van der Waals surface area contributed by atoms with Crippen LogP contribution in [0.25, 0.3) is 0 Å². The van der Waals surface area contributed by atoms with Crippen LogP contribution in [0.2, 0.25) is 0 Å². The summed E-state index contributed by atoms with van der Waals surface area (Å²) in [4.78, 5) is 2.45. The summed E-state index contributed by atoms with van der Waals surface area (Å²) < 4.78 is 0. The molecule has 1 aromatic carbocycles. The van der Waals surface area contributed by atoms with Crippen molar-refractivity contribution in [3.63, 3.8) is 0 Å². The van der Waals surface area contributed by atoms with E-state index in [-0.39, 0.29) is 0 Å². The monoisotopic (exact) mass is 232 g/mol. The van der Waals surface area contributed by atoms with Gasteiger partial charge in [-0.1, -0.05) is 29.8 Å². The zero-order chi connectivity index (χ0) is 12.1. The highest BCUT2D eigenvalue weighted by atomic mass is 15.1. The fourth-order valence-electron chi connectivity index (χ4n) is 2.45. The summed E-state index contributed by atoms with van der Waals surface area (Å²) in [7, 11) is 2.23. The van der Waals surface area contributed by atoms with Crippen molar-refractivity contribution in [3.05, 3.63) is 35.4 Å². The van der Waals surface area contributed by atoms with Crippen molar-refractivity contribution in [1.82, 2.24) is 10.2 Å². The van der Waals surface area contributed by atoms with E-state index >= 15 is 0 Å². The second-order valence-electron chi connectivity index (χ2n) is 5.29. The minimum Gasteiger partial charge on any atom is -0.313 e. The summed E-state index contributed by atoms with van der Waals surface area (Å²) in [5, 5.41) is 3.55. The molecule has 1 fully saturated rings. The summed E-state index contributed by atoms with van der Waals surface area (Å²) >= 11 is 0. The number of hydrogen-bond donors (Lipinski definition) is 1. The number of rotatable bonds is 5. The second-order valence-corrected chi connectivity index (χ2v) is 5.29. The van der Waals surface area contributed by atoms with E-state index in [0.717, 1.165) is 19.0 Å². The molecule has 2 heteroatoms. The fraction of sp³-hybridized carbons (Fsp3) is 0.600. The molecule has 1 unspecified atom stereocenters. The Labute approximate surface area is 105 Å². The summed E-state index contributed by atoms with van der Waals surface area (Å²) in [5.74, 6) is 0. The van der Waals surface area contributed by atoms with Crippen LogP contribution in [0.3, 0.4) is 0 Å². The van der Waals surface area contributed by atoms with Gasteiger partial charge in [0, 0.05) is 19.1 Å². The highest BCUT2D eigenvalue weighted by Gasteiger charge is 2.15. The Balaban J connectivity index is 1.71. The normalized spacial score (nSPS) is 20.1. The van der Waals surface area contributed by atoms with Gasteiger partial charge in [0.2, 0.25) is 0 Å². The number of hydrogen-bond acceptors (Lipinski definition) is 2. The first-order valence-electron chi connectivity index (χ1n) is 6.71. The second kappa shape index (κ2) is 6.18. The highest BCUT2D eigenvalue weighted by Crippen LogP contribution is 2.08. The largest absolute Gasteiger partial charge is 0.313 e. The fourth-order valence-corrected chi connectivity index (χ4v) is 2.45. The van der Waals surface area contributed by atoms with Crippen LogP contribution in [0.4, 0.5) is 0 Å². The number of aryl methyl sites for hydroxylation is 1. The lowest BCUT2D eigenvalue weighted by Crippen LogP contribution is -2.36. The molecule has 1 aliphatic heterocycles. The van der Waals surface area contributed by atoms with Crippen LogP contribution in [0.1, 0.15) is 24.0 Å². The maximum atomic E-state index is 3.55. The van der Waals surface area contributed by atoms with Gasteiger partial charge in [0.25, 0.3) is 0 Å². The maximum absolute atomic E-state index is 3.55. The molecule has 0 radical (unpaired) electrons. The molecule has 1 heterocycles. The molecule has 0 amide bonds. The van der Waals surface area contributed by atoms with Gasteiger partial charge in [-0.25, -0.2) is 0 Å². The smallest absolute Gasteiger partial charge is 0.0195 e. The summed E-state index contributed by atoms with van der Waals surface area (Å²) in [5.41, 5.74) is 2.79. The van der Waals surface area contributed by atoms with Crippen LogP contribution in [0.5, 0.6) is 0 Å². The zero-order valence-electron chi connectivity index (χ0n) is 11.1. The van der Waals surface area contributed by atoms with E-state index in [9.17, 15) is 0 Å². The van der Waals surface area contributed by atoms with Gasteiger partial charge in [-0.3, -0.25) is 0 Å². The molecule has 1 atom stereocenters. The molecule has 0 spiro atoms. The Morgan fingerprint density at radius 3 is 2.71 bits per heavy atom. The average Bonchev–Trinajstić information content (AvgIpc) is 2.81. The van der Waals surface area contributed by atoms with Gasteiger partial charge in [0.1, 0.15) is 0 Å². The molecule has 17 heavy (non-hydrogen) atoms.